The molecule has 0 fully saturated rings. The third kappa shape index (κ3) is 3.97. The Morgan fingerprint density at radius 3 is 2.18 bits per heavy atom. The summed E-state index contributed by atoms with van der Waals surface area (Å²) in [5.74, 6) is -1.60. The molecule has 0 aliphatic carbocycles. The number of aromatic amines is 1. The fourth-order valence-electron chi connectivity index (χ4n) is 4.52. The lowest BCUT2D eigenvalue weighted by atomic mass is 9.88. The number of aliphatic hydroxyl groups is 1. The molecule has 0 amide bonds. The van der Waals surface area contributed by atoms with Crippen LogP contribution < -0.4 is 0 Å². The molecule has 39 heavy (non-hydrogen) atoms. The number of H-pyrrole nitrogens is 1. The fraction of sp³-hybridized carbons (Fsp3) is 0.154. The van der Waals surface area contributed by atoms with Crippen molar-refractivity contribution >= 4 is 50.1 Å². The van der Waals surface area contributed by atoms with Gasteiger partial charge in [0.2, 0.25) is 0 Å². The number of halogens is 8. The third-order valence-corrected chi connectivity index (χ3v) is 6.73. The standard InChI is InChI=1S/C26H14ClF7N2O3/c1-39-23(37)11-5-7-13-15(9-11)16-10-12(24(38,25(29,30)31)26(32,33)34)6-8-14(16)21-20(13)35-22(36-21)19-17(27)3-2-4-18(19)28/h2-10,38H,1H3,(H,35,36). The van der Waals surface area contributed by atoms with Gasteiger partial charge in [-0.2, -0.15) is 26.3 Å². The lowest BCUT2D eigenvalue weighted by Gasteiger charge is -2.32. The van der Waals surface area contributed by atoms with Crippen molar-refractivity contribution in [3.05, 3.63) is 76.6 Å². The number of fused-ring (bicyclic) bond motifs is 6. The highest BCUT2D eigenvalue weighted by atomic mass is 35.5. The monoisotopic (exact) mass is 570 g/mol. The van der Waals surface area contributed by atoms with Gasteiger partial charge >= 0.3 is 18.3 Å². The summed E-state index contributed by atoms with van der Waals surface area (Å²) in [5.41, 5.74) is -6.51. The van der Waals surface area contributed by atoms with E-state index < -0.39 is 35.3 Å². The summed E-state index contributed by atoms with van der Waals surface area (Å²) in [6.45, 7) is 0. The summed E-state index contributed by atoms with van der Waals surface area (Å²) >= 11 is 6.16. The van der Waals surface area contributed by atoms with Crippen LogP contribution in [0, 0.1) is 5.82 Å². The second-order valence-corrected chi connectivity index (χ2v) is 9.03. The number of carbonyl (C=O) groups excluding carboxylic acids is 1. The summed E-state index contributed by atoms with van der Waals surface area (Å²) in [6.07, 6.45) is -12.2. The smallest absolute Gasteiger partial charge is 0.430 e. The number of nitrogens with zero attached hydrogens (tertiary/aromatic N) is 1. The Kier molecular flexibility index (Phi) is 6.03. The molecule has 13 heteroatoms. The molecule has 0 bridgehead atoms. The first-order valence-corrected chi connectivity index (χ1v) is 11.3. The van der Waals surface area contributed by atoms with E-state index in [9.17, 15) is 40.6 Å². The van der Waals surface area contributed by atoms with Gasteiger partial charge in [-0.1, -0.05) is 35.9 Å². The second-order valence-electron chi connectivity index (χ2n) is 8.62. The number of ether oxygens (including phenoxy) is 1. The Labute approximate surface area is 218 Å². The number of rotatable bonds is 3. The number of hydrogen-bond acceptors (Lipinski definition) is 4. The minimum Gasteiger partial charge on any atom is -0.465 e. The van der Waals surface area contributed by atoms with Gasteiger partial charge in [0.25, 0.3) is 5.60 Å². The number of carbonyl (C=O) groups is 1. The number of alkyl halides is 6. The first kappa shape index (κ1) is 26.7. The van der Waals surface area contributed by atoms with Crippen molar-refractivity contribution in [2.24, 2.45) is 0 Å². The first-order chi connectivity index (χ1) is 18.2. The van der Waals surface area contributed by atoms with Crippen molar-refractivity contribution in [1.29, 1.82) is 0 Å². The molecule has 0 unspecified atom stereocenters. The highest BCUT2D eigenvalue weighted by Gasteiger charge is 2.71. The lowest BCUT2D eigenvalue weighted by Crippen LogP contribution is -2.53. The fourth-order valence-corrected chi connectivity index (χ4v) is 4.77. The predicted molar refractivity (Wildman–Crippen MR) is 129 cm³/mol. The average molecular weight is 571 g/mol. The molecule has 1 aromatic heterocycles. The Bertz CT molecular complexity index is 1760. The molecule has 0 radical (unpaired) electrons. The van der Waals surface area contributed by atoms with E-state index in [0.29, 0.717) is 12.1 Å². The molecule has 5 nitrogen and oxygen atoms in total. The largest absolute Gasteiger partial charge is 0.465 e. The Morgan fingerprint density at radius 2 is 1.56 bits per heavy atom. The van der Waals surface area contributed by atoms with Gasteiger partial charge in [-0.25, -0.2) is 14.2 Å². The molecule has 0 saturated heterocycles. The summed E-state index contributed by atoms with van der Waals surface area (Å²) in [5, 5.41) is 10.1. The molecule has 202 valence electrons. The third-order valence-electron chi connectivity index (χ3n) is 6.42. The van der Waals surface area contributed by atoms with Crippen LogP contribution in [0.2, 0.25) is 5.02 Å². The molecule has 0 atom stereocenters. The van der Waals surface area contributed by atoms with Crippen LogP contribution in [-0.2, 0) is 10.3 Å². The van der Waals surface area contributed by atoms with Crippen LogP contribution in [0.4, 0.5) is 30.7 Å². The molecule has 4 aromatic carbocycles. The van der Waals surface area contributed by atoms with Crippen molar-refractivity contribution in [1.82, 2.24) is 9.97 Å². The van der Waals surface area contributed by atoms with Crippen LogP contribution in [0.5, 0.6) is 0 Å². The van der Waals surface area contributed by atoms with Gasteiger partial charge in [-0.3, -0.25) is 0 Å². The Hall–Kier alpha value is -3.90. The quantitative estimate of drug-likeness (QED) is 0.134. The predicted octanol–water partition coefficient (Wildman–Crippen LogP) is 7.43. The van der Waals surface area contributed by atoms with Gasteiger partial charge in [0.05, 0.1) is 34.3 Å². The van der Waals surface area contributed by atoms with Gasteiger partial charge in [0, 0.05) is 16.3 Å². The van der Waals surface area contributed by atoms with Crippen molar-refractivity contribution < 1.29 is 45.4 Å². The van der Waals surface area contributed by atoms with Crippen LogP contribution in [0.1, 0.15) is 15.9 Å². The molecule has 0 aliphatic heterocycles. The SMILES string of the molecule is COC(=O)c1ccc2c(c1)c1cc(C(O)(C(F)(F)F)C(F)(F)F)ccc1c1[nH]c(-c3c(F)cccc3Cl)nc21. The number of nitrogens with one attached hydrogen (secondary N) is 1. The topological polar surface area (TPSA) is 75.2 Å². The molecular formula is C26H14ClF7N2O3. The molecule has 2 N–H and O–H groups in total. The van der Waals surface area contributed by atoms with Gasteiger partial charge < -0.3 is 14.8 Å². The lowest BCUT2D eigenvalue weighted by molar-refractivity contribution is -0.376. The van der Waals surface area contributed by atoms with Crippen LogP contribution >= 0.6 is 11.6 Å². The van der Waals surface area contributed by atoms with Crippen molar-refractivity contribution in [3.63, 3.8) is 0 Å². The minimum absolute atomic E-state index is 0.00153. The molecular weight excluding hydrogens is 557 g/mol. The van der Waals surface area contributed by atoms with E-state index in [1.807, 2.05) is 0 Å². The number of esters is 1. The summed E-state index contributed by atoms with van der Waals surface area (Å²) in [4.78, 5) is 19.5. The van der Waals surface area contributed by atoms with E-state index in [4.69, 9.17) is 11.6 Å². The number of benzene rings is 4. The molecule has 0 aliphatic rings. The molecule has 1 heterocycles. The van der Waals surface area contributed by atoms with Gasteiger partial charge in [0.15, 0.2) is 0 Å². The number of aromatic nitrogens is 2. The van der Waals surface area contributed by atoms with Crippen molar-refractivity contribution in [2.75, 3.05) is 7.11 Å². The Morgan fingerprint density at radius 1 is 0.923 bits per heavy atom. The maximum Gasteiger partial charge on any atom is 0.430 e. The maximum atomic E-state index is 14.6. The van der Waals surface area contributed by atoms with E-state index in [1.165, 1.54) is 30.3 Å². The minimum atomic E-state index is -6.11. The van der Waals surface area contributed by atoms with Crippen LogP contribution in [0.15, 0.2) is 54.6 Å². The zero-order chi connectivity index (χ0) is 28.5. The normalized spacial score (nSPS) is 13.0. The zero-order valence-corrected chi connectivity index (χ0v) is 20.2. The van der Waals surface area contributed by atoms with E-state index in [1.54, 1.807) is 0 Å². The van der Waals surface area contributed by atoms with Crippen molar-refractivity contribution in [3.8, 4) is 11.4 Å². The summed E-state index contributed by atoms with van der Waals surface area (Å²) < 4.78 is 101. The molecule has 0 saturated carbocycles. The second kappa shape index (κ2) is 8.82. The van der Waals surface area contributed by atoms with E-state index in [-0.39, 0.29) is 54.6 Å². The average Bonchev–Trinajstić information content (AvgIpc) is 3.31. The summed E-state index contributed by atoms with van der Waals surface area (Å²) in [7, 11) is 1.09. The zero-order valence-electron chi connectivity index (χ0n) is 19.4. The highest BCUT2D eigenvalue weighted by Crippen LogP contribution is 2.51. The van der Waals surface area contributed by atoms with E-state index in [2.05, 4.69) is 14.7 Å². The van der Waals surface area contributed by atoms with Gasteiger partial charge in [0.1, 0.15) is 11.6 Å². The number of hydrogen-bond donors (Lipinski definition) is 2. The van der Waals surface area contributed by atoms with E-state index >= 15 is 0 Å². The number of imidazole rings is 1. The number of methoxy groups -OCH3 is 1. The molecule has 0 spiro atoms. The van der Waals surface area contributed by atoms with Crippen molar-refractivity contribution in [2.45, 2.75) is 18.0 Å². The first-order valence-electron chi connectivity index (χ1n) is 11.0. The molecule has 5 aromatic rings. The summed E-state index contributed by atoms with van der Waals surface area (Å²) in [6, 6.07) is 9.83. The van der Waals surface area contributed by atoms with Gasteiger partial charge in [-0.05, 0) is 41.1 Å². The van der Waals surface area contributed by atoms with Crippen LogP contribution in [0.25, 0.3) is 44.0 Å². The van der Waals surface area contributed by atoms with E-state index in [0.717, 1.165) is 19.2 Å². The van der Waals surface area contributed by atoms with Crippen LogP contribution in [0.3, 0.4) is 0 Å². The Balaban J connectivity index is 1.93. The molecule has 5 rings (SSSR count). The maximum absolute atomic E-state index is 14.6. The highest BCUT2D eigenvalue weighted by molar-refractivity contribution is 6.33. The van der Waals surface area contributed by atoms with Crippen LogP contribution in [-0.4, -0.2) is 40.5 Å². The van der Waals surface area contributed by atoms with Gasteiger partial charge in [-0.15, -0.1) is 0 Å².